The van der Waals surface area contributed by atoms with Crippen LogP contribution in [-0.2, 0) is 4.79 Å². The van der Waals surface area contributed by atoms with Gasteiger partial charge in [-0.1, -0.05) is 18.2 Å². The Morgan fingerprint density at radius 1 is 1.15 bits per heavy atom. The number of nitrogens with zero attached hydrogens (tertiary/aromatic N) is 2. The number of rotatable bonds is 5. The van der Waals surface area contributed by atoms with Crippen molar-refractivity contribution in [3.63, 3.8) is 0 Å². The van der Waals surface area contributed by atoms with Gasteiger partial charge < -0.3 is 5.32 Å². The summed E-state index contributed by atoms with van der Waals surface area (Å²) in [6, 6.07) is 14.4. The van der Waals surface area contributed by atoms with Crippen LogP contribution < -0.4 is 5.32 Å². The molecule has 0 saturated carbocycles. The minimum absolute atomic E-state index is 0.0147. The van der Waals surface area contributed by atoms with Crippen LogP contribution in [0.3, 0.4) is 0 Å². The van der Waals surface area contributed by atoms with Gasteiger partial charge in [-0.3, -0.25) is 4.79 Å². The molecular formula is C21H21N3OS2. The van der Waals surface area contributed by atoms with Crippen molar-refractivity contribution < 1.29 is 4.79 Å². The fourth-order valence-electron chi connectivity index (χ4n) is 3.37. The van der Waals surface area contributed by atoms with E-state index in [-0.39, 0.29) is 18.5 Å². The summed E-state index contributed by atoms with van der Waals surface area (Å²) < 4.78 is 0. The van der Waals surface area contributed by atoms with Gasteiger partial charge in [-0.25, -0.2) is 5.01 Å². The summed E-state index contributed by atoms with van der Waals surface area (Å²) in [7, 11) is 0. The van der Waals surface area contributed by atoms with Crippen LogP contribution in [0, 0.1) is 13.8 Å². The normalized spacial score (nSPS) is 16.4. The maximum Gasteiger partial charge on any atom is 0.262 e. The topological polar surface area (TPSA) is 44.7 Å². The van der Waals surface area contributed by atoms with Gasteiger partial charge in [0, 0.05) is 17.0 Å². The summed E-state index contributed by atoms with van der Waals surface area (Å²) in [5, 5.41) is 13.7. The molecule has 0 fully saturated rings. The van der Waals surface area contributed by atoms with E-state index in [1.54, 1.807) is 27.7 Å². The number of hydrogen-bond acceptors (Lipinski definition) is 5. The van der Waals surface area contributed by atoms with Gasteiger partial charge in [-0.05, 0) is 60.0 Å². The highest BCUT2D eigenvalue weighted by Gasteiger charge is 2.33. The number of benzene rings is 1. The predicted octanol–water partition coefficient (Wildman–Crippen LogP) is 5.22. The molecule has 1 amide bonds. The van der Waals surface area contributed by atoms with Crippen molar-refractivity contribution in [3.8, 4) is 0 Å². The molecule has 6 heteroatoms. The number of hydrogen-bond donors (Lipinski definition) is 1. The molecular weight excluding hydrogens is 374 g/mol. The Kier molecular flexibility index (Phi) is 5.09. The lowest BCUT2D eigenvalue weighted by atomic mass is 10.1. The van der Waals surface area contributed by atoms with Gasteiger partial charge >= 0.3 is 0 Å². The van der Waals surface area contributed by atoms with E-state index in [9.17, 15) is 4.79 Å². The maximum absolute atomic E-state index is 13.0. The zero-order valence-electron chi connectivity index (χ0n) is 15.3. The van der Waals surface area contributed by atoms with Gasteiger partial charge in [0.15, 0.2) is 0 Å². The number of carbonyl (C=O) groups is 1. The molecule has 1 aliphatic rings. The predicted molar refractivity (Wildman–Crippen MR) is 114 cm³/mol. The average Bonchev–Trinajstić information content (AvgIpc) is 3.39. The van der Waals surface area contributed by atoms with Crippen molar-refractivity contribution in [2.45, 2.75) is 26.3 Å². The van der Waals surface area contributed by atoms with Crippen LogP contribution in [0.4, 0.5) is 5.69 Å². The Bertz CT molecular complexity index is 941. The van der Waals surface area contributed by atoms with Gasteiger partial charge in [0.05, 0.1) is 23.2 Å². The third kappa shape index (κ3) is 3.96. The van der Waals surface area contributed by atoms with E-state index < -0.39 is 0 Å². The van der Waals surface area contributed by atoms with Gasteiger partial charge in [0.25, 0.3) is 5.91 Å². The summed E-state index contributed by atoms with van der Waals surface area (Å²) in [6.07, 6.45) is 0.760. The Hall–Kier alpha value is -2.44. The van der Waals surface area contributed by atoms with Gasteiger partial charge in [-0.2, -0.15) is 5.10 Å². The molecule has 2 aromatic heterocycles. The standard InChI is InChI=1S/C21H21N3OS2/c1-14-9-15(2)11-16(10-14)22-13-21(25)24-18(20-6-4-8-27-20)12-17(23-24)19-5-3-7-26-19/h3-11,18,22H,12-13H2,1-2H3/t18-/m0/s1. The SMILES string of the molecule is Cc1cc(C)cc(NCC(=O)N2N=C(c3cccs3)C[C@H]2c2cccs2)c1. The highest BCUT2D eigenvalue weighted by Crippen LogP contribution is 2.35. The van der Waals surface area contributed by atoms with Crippen LogP contribution in [0.1, 0.15) is 33.3 Å². The second kappa shape index (κ2) is 7.66. The zero-order chi connectivity index (χ0) is 18.8. The number of nitrogens with one attached hydrogen (secondary N) is 1. The Morgan fingerprint density at radius 2 is 1.89 bits per heavy atom. The number of hydrazone groups is 1. The van der Waals surface area contributed by atoms with E-state index >= 15 is 0 Å². The Labute approximate surface area is 167 Å². The first-order valence-electron chi connectivity index (χ1n) is 8.89. The monoisotopic (exact) mass is 395 g/mol. The van der Waals surface area contributed by atoms with E-state index in [4.69, 9.17) is 5.10 Å². The summed E-state index contributed by atoms with van der Waals surface area (Å²) in [5.74, 6) is -0.0147. The van der Waals surface area contributed by atoms with Crippen molar-refractivity contribution in [1.29, 1.82) is 0 Å². The fourth-order valence-corrected chi connectivity index (χ4v) is 4.90. The molecule has 4 rings (SSSR count). The number of carbonyl (C=O) groups excluding carboxylic acids is 1. The third-order valence-corrected chi connectivity index (χ3v) is 6.40. The Morgan fingerprint density at radius 3 is 2.56 bits per heavy atom. The molecule has 0 spiro atoms. The van der Waals surface area contributed by atoms with E-state index in [2.05, 4.69) is 54.9 Å². The first-order valence-corrected chi connectivity index (χ1v) is 10.6. The van der Waals surface area contributed by atoms with E-state index in [0.29, 0.717) is 0 Å². The molecule has 0 unspecified atom stereocenters. The van der Waals surface area contributed by atoms with Gasteiger partial charge in [0.1, 0.15) is 0 Å². The lowest BCUT2D eigenvalue weighted by molar-refractivity contribution is -0.131. The maximum atomic E-state index is 13.0. The molecule has 0 bridgehead atoms. The molecule has 0 aliphatic carbocycles. The number of thiophene rings is 2. The highest BCUT2D eigenvalue weighted by molar-refractivity contribution is 7.12. The first-order chi connectivity index (χ1) is 13.1. The Balaban J connectivity index is 1.53. The summed E-state index contributed by atoms with van der Waals surface area (Å²) in [4.78, 5) is 15.3. The quantitative estimate of drug-likeness (QED) is 0.644. The fraction of sp³-hybridized carbons (Fsp3) is 0.238. The van der Waals surface area contributed by atoms with Crippen LogP contribution in [-0.4, -0.2) is 23.2 Å². The van der Waals surface area contributed by atoms with Gasteiger partial charge in [-0.15, -0.1) is 22.7 Å². The average molecular weight is 396 g/mol. The molecule has 27 heavy (non-hydrogen) atoms. The largest absolute Gasteiger partial charge is 0.376 e. The molecule has 4 nitrogen and oxygen atoms in total. The summed E-state index contributed by atoms with van der Waals surface area (Å²) in [6.45, 7) is 4.35. The molecule has 0 radical (unpaired) electrons. The molecule has 1 atom stereocenters. The second-order valence-electron chi connectivity index (χ2n) is 6.73. The zero-order valence-corrected chi connectivity index (χ0v) is 16.9. The number of anilines is 1. The van der Waals surface area contributed by atoms with Crippen LogP contribution in [0.15, 0.2) is 58.3 Å². The lowest BCUT2D eigenvalue weighted by Crippen LogP contribution is -2.32. The summed E-state index contributed by atoms with van der Waals surface area (Å²) in [5.41, 5.74) is 4.32. The van der Waals surface area contributed by atoms with Crippen LogP contribution >= 0.6 is 22.7 Å². The molecule has 1 aromatic carbocycles. The third-order valence-electron chi connectivity index (χ3n) is 4.51. The van der Waals surface area contributed by atoms with Crippen LogP contribution in [0.25, 0.3) is 0 Å². The molecule has 0 saturated heterocycles. The lowest BCUT2D eigenvalue weighted by Gasteiger charge is -2.21. The minimum Gasteiger partial charge on any atom is -0.376 e. The van der Waals surface area contributed by atoms with Crippen molar-refractivity contribution in [1.82, 2.24) is 5.01 Å². The number of aryl methyl sites for hydroxylation is 2. The molecule has 3 heterocycles. The molecule has 1 aliphatic heterocycles. The molecule has 3 aromatic rings. The van der Waals surface area contributed by atoms with Crippen LogP contribution in [0.5, 0.6) is 0 Å². The highest BCUT2D eigenvalue weighted by atomic mass is 32.1. The van der Waals surface area contributed by atoms with Crippen LogP contribution in [0.2, 0.25) is 0 Å². The summed E-state index contributed by atoms with van der Waals surface area (Å²) >= 11 is 3.34. The van der Waals surface area contributed by atoms with E-state index in [1.807, 2.05) is 17.5 Å². The van der Waals surface area contributed by atoms with Crippen molar-refractivity contribution in [2.24, 2.45) is 5.10 Å². The molecule has 138 valence electrons. The number of amides is 1. The minimum atomic E-state index is -0.0179. The van der Waals surface area contributed by atoms with E-state index in [1.165, 1.54) is 16.0 Å². The second-order valence-corrected chi connectivity index (χ2v) is 8.65. The van der Waals surface area contributed by atoms with Crippen molar-refractivity contribution >= 4 is 40.0 Å². The van der Waals surface area contributed by atoms with E-state index in [0.717, 1.165) is 22.7 Å². The smallest absolute Gasteiger partial charge is 0.262 e. The first kappa shape index (κ1) is 17.9. The van der Waals surface area contributed by atoms with Crippen molar-refractivity contribution in [2.75, 3.05) is 11.9 Å². The van der Waals surface area contributed by atoms with Crippen molar-refractivity contribution in [3.05, 3.63) is 74.1 Å². The molecule has 1 N–H and O–H groups in total. The van der Waals surface area contributed by atoms with Gasteiger partial charge in [0.2, 0.25) is 0 Å².